The summed E-state index contributed by atoms with van der Waals surface area (Å²) in [5.74, 6) is 2.17. The topological polar surface area (TPSA) is 136 Å². The van der Waals surface area contributed by atoms with Gasteiger partial charge in [0.1, 0.15) is 23.3 Å². The van der Waals surface area contributed by atoms with E-state index >= 15 is 0 Å². The van der Waals surface area contributed by atoms with Crippen molar-refractivity contribution in [2.24, 2.45) is 5.92 Å². The number of H-pyrrole nitrogens is 1. The number of carbonyl (C=O) groups is 1. The number of pyridine rings is 2. The van der Waals surface area contributed by atoms with E-state index in [1.54, 1.807) is 4.90 Å². The summed E-state index contributed by atoms with van der Waals surface area (Å²) in [6.07, 6.45) is 1.07. The Kier molecular flexibility index (Phi) is 5.35. The fourth-order valence-corrected chi connectivity index (χ4v) is 4.63. The van der Waals surface area contributed by atoms with Crippen LogP contribution in [0.5, 0.6) is 0 Å². The number of hydrogen-bond donors (Lipinski definition) is 2. The number of nitrogens with zero attached hydrogens (tertiary/aromatic N) is 4. The van der Waals surface area contributed by atoms with Crippen molar-refractivity contribution >= 4 is 40.0 Å². The summed E-state index contributed by atoms with van der Waals surface area (Å²) in [6, 6.07) is 2.35. The largest absolute Gasteiger partial charge is 0.383 e. The summed E-state index contributed by atoms with van der Waals surface area (Å²) in [6.45, 7) is 10.1. The molecule has 2 aliphatic rings. The zero-order valence-electron chi connectivity index (χ0n) is 18.5. The molecule has 0 bridgehead atoms. The van der Waals surface area contributed by atoms with Gasteiger partial charge in [0.05, 0.1) is 37.1 Å². The number of morpholine rings is 1. The van der Waals surface area contributed by atoms with Gasteiger partial charge in [-0.15, -0.1) is 0 Å². The summed E-state index contributed by atoms with van der Waals surface area (Å²) in [5.41, 5.74) is 13.8. The maximum Gasteiger partial charge on any atom is 0.240 e. The molecule has 0 aromatic carbocycles. The van der Waals surface area contributed by atoms with Crippen LogP contribution in [0.4, 0.5) is 23.3 Å². The van der Waals surface area contributed by atoms with Gasteiger partial charge < -0.3 is 16.2 Å². The maximum absolute atomic E-state index is 12.9. The Labute approximate surface area is 182 Å². The molecule has 2 atom stereocenters. The van der Waals surface area contributed by atoms with E-state index in [1.807, 2.05) is 13.8 Å². The second-order valence-corrected chi connectivity index (χ2v) is 8.99. The number of nitrogen functional groups attached to an aromatic ring is 2. The molecule has 1 amide bonds. The normalized spacial score (nSPS) is 21.1. The molecule has 0 aliphatic carbocycles. The number of rotatable bonds is 4. The molecule has 0 saturated carbocycles. The van der Waals surface area contributed by atoms with Gasteiger partial charge in [-0.3, -0.25) is 14.6 Å². The van der Waals surface area contributed by atoms with Gasteiger partial charge in [0, 0.05) is 17.5 Å². The maximum atomic E-state index is 12.9. The van der Waals surface area contributed by atoms with Crippen molar-refractivity contribution in [3.05, 3.63) is 11.1 Å². The van der Waals surface area contributed by atoms with Crippen molar-refractivity contribution in [1.82, 2.24) is 4.98 Å². The van der Waals surface area contributed by atoms with Crippen molar-refractivity contribution in [1.29, 1.82) is 5.26 Å². The van der Waals surface area contributed by atoms with Gasteiger partial charge in [-0.05, 0) is 26.2 Å². The average molecular weight is 425 g/mol. The van der Waals surface area contributed by atoms with Crippen LogP contribution in [0.2, 0.25) is 0 Å². The second kappa shape index (κ2) is 7.85. The molecule has 2 aromatic heterocycles. The monoisotopic (exact) mass is 424 g/mol. The first-order valence-electron chi connectivity index (χ1n) is 10.8. The Morgan fingerprint density at radius 3 is 2.55 bits per heavy atom. The molecule has 9 nitrogen and oxygen atoms in total. The van der Waals surface area contributed by atoms with Crippen LogP contribution in [0.15, 0.2) is 0 Å². The smallest absolute Gasteiger partial charge is 0.240 e. The number of nitrogens with two attached hydrogens (primary N) is 2. The van der Waals surface area contributed by atoms with Gasteiger partial charge in [0.25, 0.3) is 0 Å². The van der Waals surface area contributed by atoms with E-state index in [4.69, 9.17) is 16.2 Å². The van der Waals surface area contributed by atoms with Gasteiger partial charge in [-0.25, -0.2) is 9.97 Å². The number of nitrogens with one attached hydrogen (secondary N) is 1. The number of nitriles is 1. The highest BCUT2D eigenvalue weighted by Crippen LogP contribution is 2.41. The molecule has 2 aliphatic heterocycles. The molecule has 0 unspecified atom stereocenters. The van der Waals surface area contributed by atoms with Gasteiger partial charge in [0.15, 0.2) is 0 Å². The van der Waals surface area contributed by atoms with Crippen molar-refractivity contribution < 1.29 is 14.5 Å². The van der Waals surface area contributed by atoms with E-state index < -0.39 is 0 Å². The van der Waals surface area contributed by atoms with Crippen molar-refractivity contribution in [2.45, 2.75) is 52.7 Å². The molecular formula is C22H30N7O2+. The molecule has 5 N–H and O–H groups in total. The first-order chi connectivity index (χ1) is 14.7. The summed E-state index contributed by atoms with van der Waals surface area (Å²) in [7, 11) is 0. The quantitative estimate of drug-likeness (QED) is 0.761. The van der Waals surface area contributed by atoms with Crippen molar-refractivity contribution in [3.8, 4) is 6.07 Å². The number of fused-ring (bicyclic) bond motifs is 3. The summed E-state index contributed by atoms with van der Waals surface area (Å²) >= 11 is 0. The number of aromatic amines is 1. The number of amides is 1. The molecule has 31 heavy (non-hydrogen) atoms. The first kappa shape index (κ1) is 21.1. The van der Waals surface area contributed by atoms with Crippen LogP contribution in [0.25, 0.3) is 10.8 Å². The summed E-state index contributed by atoms with van der Waals surface area (Å²) in [4.78, 5) is 24.3. The number of anilines is 4. The molecule has 1 fully saturated rings. The first-order valence-corrected chi connectivity index (χ1v) is 10.8. The summed E-state index contributed by atoms with van der Waals surface area (Å²) < 4.78 is 5.85. The molecule has 2 aromatic rings. The lowest BCUT2D eigenvalue weighted by atomic mass is 10.00. The van der Waals surface area contributed by atoms with E-state index in [2.05, 4.69) is 34.8 Å². The predicted molar refractivity (Wildman–Crippen MR) is 120 cm³/mol. The molecule has 0 radical (unpaired) electrons. The van der Waals surface area contributed by atoms with Gasteiger partial charge >= 0.3 is 0 Å². The zero-order valence-corrected chi connectivity index (χ0v) is 18.5. The Morgan fingerprint density at radius 1 is 1.26 bits per heavy atom. The Morgan fingerprint density at radius 2 is 1.94 bits per heavy atom. The Balaban J connectivity index is 1.92. The number of carbonyl (C=O) groups excluding carboxylic acids is 1. The highest BCUT2D eigenvalue weighted by atomic mass is 16.5. The van der Waals surface area contributed by atoms with Crippen LogP contribution >= 0.6 is 0 Å². The van der Waals surface area contributed by atoms with E-state index in [0.717, 1.165) is 12.0 Å². The second-order valence-electron chi connectivity index (χ2n) is 8.99. The van der Waals surface area contributed by atoms with Gasteiger partial charge in [0.2, 0.25) is 17.5 Å². The highest BCUT2D eigenvalue weighted by Gasteiger charge is 2.36. The Bertz CT molecular complexity index is 1080. The van der Waals surface area contributed by atoms with Crippen LogP contribution in [0.3, 0.4) is 0 Å². The lowest BCUT2D eigenvalue weighted by molar-refractivity contribution is -0.345. The van der Waals surface area contributed by atoms with Crippen LogP contribution in [-0.4, -0.2) is 42.7 Å². The van der Waals surface area contributed by atoms with Crippen LogP contribution in [0, 0.1) is 17.2 Å². The predicted octanol–water partition coefficient (Wildman–Crippen LogP) is 1.63. The highest BCUT2D eigenvalue weighted by molar-refractivity contribution is 6.12. The van der Waals surface area contributed by atoms with E-state index in [1.165, 1.54) is 0 Å². The molecule has 4 rings (SSSR count). The fraction of sp³-hybridized carbons (Fsp3) is 0.545. The average Bonchev–Trinajstić information content (AvgIpc) is 3.00. The SMILES string of the molecule is CC(C)CCN1C(=O)Cc2c1nc(N)c1c(N)[nH+]c(N3C[C@H](C)O[C@@H](C)C3)c(C#N)c21. The molecule has 9 heteroatoms. The molecule has 1 saturated heterocycles. The van der Waals surface area contributed by atoms with Crippen LogP contribution < -0.4 is 26.3 Å². The molecule has 0 spiro atoms. The number of ether oxygens (including phenoxy) is 1. The van der Waals surface area contributed by atoms with E-state index in [0.29, 0.717) is 59.3 Å². The minimum Gasteiger partial charge on any atom is -0.383 e. The van der Waals surface area contributed by atoms with Crippen molar-refractivity contribution in [3.63, 3.8) is 0 Å². The van der Waals surface area contributed by atoms with Crippen LogP contribution in [-0.2, 0) is 16.0 Å². The number of hydrogen-bond acceptors (Lipinski definition) is 7. The van der Waals surface area contributed by atoms with Crippen LogP contribution in [0.1, 0.15) is 45.2 Å². The van der Waals surface area contributed by atoms with E-state index in [-0.39, 0.29) is 30.4 Å². The third-order valence-electron chi connectivity index (χ3n) is 5.98. The third kappa shape index (κ3) is 3.61. The van der Waals surface area contributed by atoms with Gasteiger partial charge in [-0.2, -0.15) is 5.26 Å². The fourth-order valence-electron chi connectivity index (χ4n) is 4.63. The van der Waals surface area contributed by atoms with E-state index in [9.17, 15) is 10.1 Å². The minimum absolute atomic E-state index is 0.0157. The lowest BCUT2D eigenvalue weighted by Crippen LogP contribution is -2.48. The number of aromatic nitrogens is 2. The lowest BCUT2D eigenvalue weighted by Gasteiger charge is -2.33. The van der Waals surface area contributed by atoms with Gasteiger partial charge in [-0.1, -0.05) is 13.8 Å². The minimum atomic E-state index is -0.0273. The zero-order chi connectivity index (χ0) is 22.4. The molecule has 4 heterocycles. The standard InChI is InChI=1S/C22H29N7O2/c1-11(2)5-6-29-16(30)7-14-17-15(8-23)21(28-9-12(3)31-13(4)10-28)26-19(24)18(17)20(25)27-22(14)29/h11-13H,5-7,9-10H2,1-4H3,(H2,24,26)(H2,25,27)/p+1/t12-,13-/m0/s1. The summed E-state index contributed by atoms with van der Waals surface area (Å²) in [5, 5.41) is 11.3. The Hall–Kier alpha value is -3.12. The van der Waals surface area contributed by atoms with Crippen molar-refractivity contribution in [2.75, 3.05) is 40.9 Å². The molecular weight excluding hydrogens is 394 g/mol. The third-order valence-corrected chi connectivity index (χ3v) is 5.98. The molecule has 164 valence electrons.